The second kappa shape index (κ2) is 7.19. The molecule has 1 aromatic rings. The topological polar surface area (TPSA) is 83.1 Å². The fourth-order valence-corrected chi connectivity index (χ4v) is 3.46. The van der Waals surface area contributed by atoms with Gasteiger partial charge in [-0.1, -0.05) is 0 Å². The number of piperidine rings is 2. The summed E-state index contributed by atoms with van der Waals surface area (Å²) in [5.74, 6) is 0.993. The minimum Gasteiger partial charge on any atom is -0.460 e. The number of hydrogen-bond donors (Lipinski definition) is 2. The lowest BCUT2D eigenvalue weighted by Gasteiger charge is -2.39. The molecular formula is C15H25N5O2. The van der Waals surface area contributed by atoms with Crippen LogP contribution >= 0.6 is 0 Å². The highest BCUT2D eigenvalue weighted by Gasteiger charge is 2.28. The lowest BCUT2D eigenvalue weighted by atomic mass is 9.93. The third-order valence-corrected chi connectivity index (χ3v) is 4.71. The van der Waals surface area contributed by atoms with Gasteiger partial charge in [-0.25, -0.2) is 4.79 Å². The largest absolute Gasteiger partial charge is 0.460 e. The van der Waals surface area contributed by atoms with Gasteiger partial charge >= 0.3 is 5.97 Å². The molecule has 0 saturated carbocycles. The van der Waals surface area contributed by atoms with Crippen LogP contribution in [-0.4, -0.2) is 64.9 Å². The van der Waals surface area contributed by atoms with Crippen molar-refractivity contribution in [2.75, 3.05) is 32.8 Å². The van der Waals surface area contributed by atoms with E-state index in [0.29, 0.717) is 12.5 Å². The molecule has 22 heavy (non-hydrogen) atoms. The van der Waals surface area contributed by atoms with Crippen LogP contribution in [0.15, 0.2) is 0 Å². The van der Waals surface area contributed by atoms with Gasteiger partial charge in [0.25, 0.3) is 0 Å². The lowest BCUT2D eigenvalue weighted by Crippen LogP contribution is -2.46. The normalized spacial score (nSPS) is 21.9. The van der Waals surface area contributed by atoms with Gasteiger partial charge in [-0.3, -0.25) is 0 Å². The fourth-order valence-electron chi connectivity index (χ4n) is 3.46. The number of esters is 1. The molecule has 2 fully saturated rings. The first kappa shape index (κ1) is 15.4. The molecule has 0 unspecified atom stereocenters. The number of likely N-dealkylation sites (tertiary alicyclic amines) is 1. The van der Waals surface area contributed by atoms with Crippen molar-refractivity contribution < 1.29 is 9.53 Å². The summed E-state index contributed by atoms with van der Waals surface area (Å²) >= 11 is 0. The third-order valence-electron chi connectivity index (χ3n) is 4.71. The second-order valence-electron chi connectivity index (χ2n) is 6.07. The number of aromatic nitrogens is 3. The number of rotatable bonds is 4. The van der Waals surface area contributed by atoms with Crippen molar-refractivity contribution in [1.29, 1.82) is 0 Å². The molecule has 2 saturated heterocycles. The standard InChI is InChI=1S/C15H25N5O2/c1-2-22-15(21)14-17-13(18-19-14)11-5-9-20(10-6-11)12-3-7-16-8-4-12/h11-12,16H,2-10H2,1H3,(H,17,18,19). The Balaban J connectivity index is 1.53. The summed E-state index contributed by atoms with van der Waals surface area (Å²) in [6, 6.07) is 0.729. The van der Waals surface area contributed by atoms with Crippen molar-refractivity contribution >= 4 is 5.97 Å². The number of H-pyrrole nitrogens is 1. The zero-order chi connectivity index (χ0) is 15.4. The van der Waals surface area contributed by atoms with E-state index < -0.39 is 5.97 Å². The van der Waals surface area contributed by atoms with Gasteiger partial charge in [0.2, 0.25) is 5.82 Å². The molecule has 0 atom stereocenters. The first-order valence-corrected chi connectivity index (χ1v) is 8.32. The van der Waals surface area contributed by atoms with Gasteiger partial charge < -0.3 is 19.9 Å². The van der Waals surface area contributed by atoms with Crippen LogP contribution in [0.3, 0.4) is 0 Å². The zero-order valence-electron chi connectivity index (χ0n) is 13.2. The van der Waals surface area contributed by atoms with Crippen LogP contribution in [0.4, 0.5) is 0 Å². The Morgan fingerprint density at radius 1 is 1.23 bits per heavy atom. The highest BCUT2D eigenvalue weighted by molar-refractivity contribution is 5.84. The average Bonchev–Trinajstić information content (AvgIpc) is 3.06. The van der Waals surface area contributed by atoms with Crippen molar-refractivity contribution in [2.24, 2.45) is 0 Å². The molecule has 0 aliphatic carbocycles. The Morgan fingerprint density at radius 3 is 2.64 bits per heavy atom. The molecule has 122 valence electrons. The molecule has 2 N–H and O–H groups in total. The molecule has 0 bridgehead atoms. The van der Waals surface area contributed by atoms with Gasteiger partial charge in [-0.05, 0) is 58.8 Å². The summed E-state index contributed by atoms with van der Waals surface area (Å²) in [5, 5.41) is 11.5. The highest BCUT2D eigenvalue weighted by Crippen LogP contribution is 2.28. The summed E-state index contributed by atoms with van der Waals surface area (Å²) in [6.07, 6.45) is 4.64. The number of carbonyl (C=O) groups excluding carboxylic acids is 1. The van der Waals surface area contributed by atoms with Gasteiger partial charge in [0, 0.05) is 12.0 Å². The van der Waals surface area contributed by atoms with E-state index in [1.807, 2.05) is 0 Å². The second-order valence-corrected chi connectivity index (χ2v) is 6.07. The number of ether oxygens (including phenoxy) is 1. The number of nitrogens with one attached hydrogen (secondary N) is 2. The first-order valence-electron chi connectivity index (χ1n) is 8.32. The first-order chi connectivity index (χ1) is 10.8. The molecule has 0 radical (unpaired) electrons. The van der Waals surface area contributed by atoms with E-state index in [0.717, 1.165) is 50.9 Å². The molecule has 3 heterocycles. The Bertz CT molecular complexity index is 490. The minimum absolute atomic E-state index is 0.220. The van der Waals surface area contributed by atoms with E-state index in [-0.39, 0.29) is 5.82 Å². The van der Waals surface area contributed by atoms with E-state index >= 15 is 0 Å². The van der Waals surface area contributed by atoms with E-state index in [1.54, 1.807) is 6.92 Å². The van der Waals surface area contributed by atoms with E-state index in [4.69, 9.17) is 4.74 Å². The van der Waals surface area contributed by atoms with Crippen molar-refractivity contribution in [3.8, 4) is 0 Å². The minimum atomic E-state index is -0.423. The molecule has 3 rings (SSSR count). The monoisotopic (exact) mass is 307 g/mol. The molecule has 2 aliphatic rings. The molecule has 7 nitrogen and oxygen atoms in total. The van der Waals surface area contributed by atoms with Crippen LogP contribution in [0.5, 0.6) is 0 Å². The molecule has 0 amide bonds. The van der Waals surface area contributed by atoms with Gasteiger partial charge in [-0.2, -0.15) is 0 Å². The van der Waals surface area contributed by atoms with Crippen LogP contribution in [-0.2, 0) is 4.74 Å². The number of carbonyl (C=O) groups is 1. The highest BCUT2D eigenvalue weighted by atomic mass is 16.5. The van der Waals surface area contributed by atoms with Crippen LogP contribution in [0.2, 0.25) is 0 Å². The van der Waals surface area contributed by atoms with Crippen molar-refractivity contribution in [3.63, 3.8) is 0 Å². The summed E-state index contributed by atoms with van der Waals surface area (Å²) in [6.45, 7) is 6.61. The summed E-state index contributed by atoms with van der Waals surface area (Å²) in [7, 11) is 0. The maximum atomic E-state index is 11.6. The van der Waals surface area contributed by atoms with Gasteiger partial charge in [0.05, 0.1) is 6.61 Å². The van der Waals surface area contributed by atoms with Gasteiger partial charge in [0.1, 0.15) is 5.82 Å². The molecule has 7 heteroatoms. The van der Waals surface area contributed by atoms with Crippen LogP contribution in [0.1, 0.15) is 55.0 Å². The van der Waals surface area contributed by atoms with E-state index in [2.05, 4.69) is 25.4 Å². The Hall–Kier alpha value is -1.47. The fraction of sp³-hybridized carbons (Fsp3) is 0.800. The Morgan fingerprint density at radius 2 is 1.95 bits per heavy atom. The molecule has 2 aliphatic heterocycles. The van der Waals surface area contributed by atoms with Crippen molar-refractivity contribution in [2.45, 2.75) is 44.6 Å². The maximum Gasteiger partial charge on any atom is 0.376 e. The average molecular weight is 307 g/mol. The molecule has 0 spiro atoms. The van der Waals surface area contributed by atoms with Gasteiger partial charge in [-0.15, -0.1) is 10.2 Å². The third kappa shape index (κ3) is 3.47. The van der Waals surface area contributed by atoms with Crippen molar-refractivity contribution in [1.82, 2.24) is 25.4 Å². The smallest absolute Gasteiger partial charge is 0.376 e. The zero-order valence-corrected chi connectivity index (χ0v) is 13.2. The number of aromatic amines is 1. The predicted molar refractivity (Wildman–Crippen MR) is 81.8 cm³/mol. The van der Waals surface area contributed by atoms with E-state index in [9.17, 15) is 4.79 Å². The lowest BCUT2D eigenvalue weighted by molar-refractivity contribution is 0.0512. The number of nitrogens with zero attached hydrogens (tertiary/aromatic N) is 3. The maximum absolute atomic E-state index is 11.6. The van der Waals surface area contributed by atoms with Crippen LogP contribution in [0, 0.1) is 0 Å². The summed E-state index contributed by atoms with van der Waals surface area (Å²) in [4.78, 5) is 17.3. The van der Waals surface area contributed by atoms with Gasteiger partial charge in [0.15, 0.2) is 0 Å². The van der Waals surface area contributed by atoms with Crippen molar-refractivity contribution in [3.05, 3.63) is 11.6 Å². The summed E-state index contributed by atoms with van der Waals surface area (Å²) < 4.78 is 4.94. The quantitative estimate of drug-likeness (QED) is 0.805. The predicted octanol–water partition coefficient (Wildman–Crippen LogP) is 0.913. The molecule has 0 aromatic carbocycles. The Labute approximate surface area is 130 Å². The van der Waals surface area contributed by atoms with E-state index in [1.165, 1.54) is 12.8 Å². The van der Waals surface area contributed by atoms with Crippen LogP contribution < -0.4 is 5.32 Å². The Kier molecular flexibility index (Phi) is 5.04. The summed E-state index contributed by atoms with van der Waals surface area (Å²) in [5.41, 5.74) is 0. The molecule has 1 aromatic heterocycles. The number of hydrogen-bond acceptors (Lipinski definition) is 6. The molecular weight excluding hydrogens is 282 g/mol. The SMILES string of the molecule is CCOC(=O)c1nnc(C2CCN(C3CCNCC3)CC2)[nH]1. The van der Waals surface area contributed by atoms with Crippen LogP contribution in [0.25, 0.3) is 0 Å².